The van der Waals surface area contributed by atoms with Gasteiger partial charge in [-0.1, -0.05) is 12.1 Å². The first-order chi connectivity index (χ1) is 6.36. The van der Waals surface area contributed by atoms with E-state index in [0.717, 1.165) is 16.7 Å². The van der Waals surface area contributed by atoms with Crippen molar-refractivity contribution >= 4 is 16.7 Å². The summed E-state index contributed by atoms with van der Waals surface area (Å²) in [6.07, 6.45) is 1.89. The molecule has 13 heavy (non-hydrogen) atoms. The van der Waals surface area contributed by atoms with Crippen molar-refractivity contribution in [3.05, 3.63) is 36.0 Å². The molecule has 2 heterocycles. The SMILES string of the molecule is Cc1cccc2c1nc1cc[nH]n12. The first-order valence-corrected chi connectivity index (χ1v) is 4.27. The van der Waals surface area contributed by atoms with Crippen LogP contribution in [0.3, 0.4) is 0 Å². The van der Waals surface area contributed by atoms with Crippen LogP contribution in [0, 0.1) is 6.92 Å². The summed E-state index contributed by atoms with van der Waals surface area (Å²) in [5.41, 5.74) is 4.41. The molecule has 3 nitrogen and oxygen atoms in total. The monoisotopic (exact) mass is 171 g/mol. The summed E-state index contributed by atoms with van der Waals surface area (Å²) >= 11 is 0. The second-order valence-electron chi connectivity index (χ2n) is 3.21. The van der Waals surface area contributed by atoms with Gasteiger partial charge in [0.1, 0.15) is 0 Å². The van der Waals surface area contributed by atoms with Gasteiger partial charge in [0.25, 0.3) is 0 Å². The van der Waals surface area contributed by atoms with Crippen LogP contribution >= 0.6 is 0 Å². The number of fused-ring (bicyclic) bond motifs is 3. The van der Waals surface area contributed by atoms with Crippen molar-refractivity contribution < 1.29 is 0 Å². The molecule has 0 amide bonds. The Balaban J connectivity index is 2.66. The maximum atomic E-state index is 4.51. The van der Waals surface area contributed by atoms with Crippen molar-refractivity contribution in [2.24, 2.45) is 0 Å². The van der Waals surface area contributed by atoms with Crippen LogP contribution in [0.25, 0.3) is 16.7 Å². The summed E-state index contributed by atoms with van der Waals surface area (Å²) in [6, 6.07) is 8.17. The molecule has 3 aromatic rings. The lowest BCUT2D eigenvalue weighted by molar-refractivity contribution is 1.01. The van der Waals surface area contributed by atoms with Crippen LogP contribution in [-0.4, -0.2) is 14.6 Å². The molecule has 64 valence electrons. The van der Waals surface area contributed by atoms with E-state index in [9.17, 15) is 0 Å². The Kier molecular flexibility index (Phi) is 1.10. The van der Waals surface area contributed by atoms with E-state index >= 15 is 0 Å². The van der Waals surface area contributed by atoms with Crippen molar-refractivity contribution in [1.29, 1.82) is 0 Å². The van der Waals surface area contributed by atoms with Crippen LogP contribution in [0.1, 0.15) is 5.56 Å². The fraction of sp³-hybridized carbons (Fsp3) is 0.100. The zero-order valence-electron chi connectivity index (χ0n) is 7.28. The number of aromatic nitrogens is 3. The number of aromatic amines is 1. The van der Waals surface area contributed by atoms with Crippen LogP contribution in [-0.2, 0) is 0 Å². The van der Waals surface area contributed by atoms with Gasteiger partial charge in [-0.25, -0.2) is 9.50 Å². The quantitative estimate of drug-likeness (QED) is 0.552. The average molecular weight is 171 g/mol. The number of H-pyrrole nitrogens is 1. The molecule has 0 aliphatic carbocycles. The lowest BCUT2D eigenvalue weighted by Gasteiger charge is -1.92. The zero-order chi connectivity index (χ0) is 8.84. The van der Waals surface area contributed by atoms with Gasteiger partial charge in [0.05, 0.1) is 11.0 Å². The van der Waals surface area contributed by atoms with E-state index in [1.807, 2.05) is 22.8 Å². The molecular formula is C10H9N3. The second kappa shape index (κ2) is 2.13. The van der Waals surface area contributed by atoms with Gasteiger partial charge in [-0.3, -0.25) is 5.10 Å². The van der Waals surface area contributed by atoms with Crippen LogP contribution in [0.4, 0.5) is 0 Å². The van der Waals surface area contributed by atoms with E-state index in [4.69, 9.17) is 0 Å². The minimum atomic E-state index is 0.976. The molecule has 0 aliphatic rings. The van der Waals surface area contributed by atoms with Crippen molar-refractivity contribution in [3.63, 3.8) is 0 Å². The number of imidazole rings is 1. The summed E-state index contributed by atoms with van der Waals surface area (Å²) in [5, 5.41) is 3.12. The highest BCUT2D eigenvalue weighted by molar-refractivity contribution is 5.82. The van der Waals surface area contributed by atoms with Gasteiger partial charge in [0.15, 0.2) is 5.65 Å². The summed E-state index contributed by atoms with van der Waals surface area (Å²) in [4.78, 5) is 4.51. The van der Waals surface area contributed by atoms with Crippen LogP contribution in [0.15, 0.2) is 30.5 Å². The minimum absolute atomic E-state index is 0.976. The standard InChI is InChI=1S/C10H9N3/c1-7-3-2-4-8-10(7)12-9-5-6-11-13(8)9/h2-6,11H,1H3. The number of hydrogen-bond acceptors (Lipinski definition) is 1. The zero-order valence-corrected chi connectivity index (χ0v) is 7.28. The number of para-hydroxylation sites is 1. The third-order valence-electron chi connectivity index (χ3n) is 2.35. The van der Waals surface area contributed by atoms with Crippen molar-refractivity contribution in [2.75, 3.05) is 0 Å². The highest BCUT2D eigenvalue weighted by Gasteiger charge is 2.05. The Morgan fingerprint density at radius 3 is 3.15 bits per heavy atom. The van der Waals surface area contributed by atoms with Crippen LogP contribution in [0.2, 0.25) is 0 Å². The maximum Gasteiger partial charge on any atom is 0.154 e. The number of rotatable bonds is 0. The molecule has 0 bridgehead atoms. The third-order valence-corrected chi connectivity index (χ3v) is 2.35. The summed E-state index contributed by atoms with van der Waals surface area (Å²) in [7, 11) is 0. The van der Waals surface area contributed by atoms with Gasteiger partial charge in [0, 0.05) is 12.3 Å². The highest BCUT2D eigenvalue weighted by atomic mass is 15.3. The Bertz CT molecular complexity index is 574. The molecule has 1 aromatic carbocycles. The van der Waals surface area contributed by atoms with E-state index in [2.05, 4.69) is 29.1 Å². The van der Waals surface area contributed by atoms with Gasteiger partial charge in [0.2, 0.25) is 0 Å². The molecule has 0 radical (unpaired) electrons. The number of nitrogens with one attached hydrogen (secondary N) is 1. The fourth-order valence-electron chi connectivity index (χ4n) is 1.69. The summed E-state index contributed by atoms with van der Waals surface area (Å²) in [6.45, 7) is 2.08. The smallest absolute Gasteiger partial charge is 0.154 e. The third kappa shape index (κ3) is 0.758. The van der Waals surface area contributed by atoms with Crippen molar-refractivity contribution in [3.8, 4) is 0 Å². The van der Waals surface area contributed by atoms with Crippen LogP contribution < -0.4 is 0 Å². The lowest BCUT2D eigenvalue weighted by Crippen LogP contribution is -1.81. The Morgan fingerprint density at radius 2 is 2.23 bits per heavy atom. The predicted octanol–water partition coefficient (Wildman–Crippen LogP) is 2.12. The largest absolute Gasteiger partial charge is 0.299 e. The Labute approximate surface area is 75.0 Å². The van der Waals surface area contributed by atoms with E-state index in [-0.39, 0.29) is 0 Å². The number of benzene rings is 1. The number of aryl methyl sites for hydroxylation is 1. The second-order valence-corrected chi connectivity index (χ2v) is 3.21. The van der Waals surface area contributed by atoms with E-state index in [1.54, 1.807) is 0 Å². The molecule has 0 spiro atoms. The van der Waals surface area contributed by atoms with Crippen molar-refractivity contribution in [1.82, 2.24) is 14.6 Å². The first kappa shape index (κ1) is 6.71. The maximum absolute atomic E-state index is 4.51. The minimum Gasteiger partial charge on any atom is -0.299 e. The van der Waals surface area contributed by atoms with Gasteiger partial charge >= 0.3 is 0 Å². The molecule has 0 saturated heterocycles. The van der Waals surface area contributed by atoms with E-state index < -0.39 is 0 Å². The Hall–Kier alpha value is -1.77. The molecule has 1 N–H and O–H groups in total. The van der Waals surface area contributed by atoms with Gasteiger partial charge < -0.3 is 0 Å². The average Bonchev–Trinajstić information content (AvgIpc) is 2.65. The molecule has 3 rings (SSSR count). The Morgan fingerprint density at radius 1 is 1.31 bits per heavy atom. The normalized spacial score (nSPS) is 11.5. The van der Waals surface area contributed by atoms with E-state index in [0.29, 0.717) is 0 Å². The molecule has 0 fully saturated rings. The van der Waals surface area contributed by atoms with Gasteiger partial charge in [-0.05, 0) is 18.6 Å². The number of nitrogens with zero attached hydrogens (tertiary/aromatic N) is 2. The highest BCUT2D eigenvalue weighted by Crippen LogP contribution is 2.18. The molecule has 0 aliphatic heterocycles. The van der Waals surface area contributed by atoms with Crippen LogP contribution in [0.5, 0.6) is 0 Å². The number of hydrogen-bond donors (Lipinski definition) is 1. The lowest BCUT2D eigenvalue weighted by atomic mass is 10.2. The molecule has 3 heteroatoms. The molecule has 2 aromatic heterocycles. The van der Waals surface area contributed by atoms with Gasteiger partial charge in [-0.15, -0.1) is 0 Å². The molecule has 0 atom stereocenters. The fourth-order valence-corrected chi connectivity index (χ4v) is 1.69. The summed E-state index contributed by atoms with van der Waals surface area (Å²) in [5.74, 6) is 0. The molecule has 0 saturated carbocycles. The van der Waals surface area contributed by atoms with Gasteiger partial charge in [-0.2, -0.15) is 0 Å². The molecule has 0 unspecified atom stereocenters. The first-order valence-electron chi connectivity index (χ1n) is 4.27. The predicted molar refractivity (Wildman–Crippen MR) is 51.8 cm³/mol. The molecular weight excluding hydrogens is 162 g/mol. The summed E-state index contributed by atoms with van der Waals surface area (Å²) < 4.78 is 1.99. The van der Waals surface area contributed by atoms with E-state index in [1.165, 1.54) is 5.56 Å². The van der Waals surface area contributed by atoms with Crippen molar-refractivity contribution in [2.45, 2.75) is 6.92 Å². The topological polar surface area (TPSA) is 33.1 Å².